The van der Waals surface area contributed by atoms with Gasteiger partial charge >= 0.3 is 0 Å². The number of pyridine rings is 1. The summed E-state index contributed by atoms with van der Waals surface area (Å²) in [5, 5.41) is 12.1. The Hall–Kier alpha value is -1.00. The molecule has 0 saturated carbocycles. The maximum absolute atomic E-state index is 12.7. The van der Waals surface area contributed by atoms with E-state index in [9.17, 15) is 4.39 Å². The highest BCUT2D eigenvalue weighted by Gasteiger charge is 2.12. The molecule has 0 aliphatic heterocycles. The van der Waals surface area contributed by atoms with E-state index in [4.69, 9.17) is 5.11 Å². The highest BCUT2D eigenvalue weighted by Crippen LogP contribution is 2.14. The van der Waals surface area contributed by atoms with Crippen LogP contribution < -0.4 is 5.32 Å². The Morgan fingerprint density at radius 1 is 1.53 bits per heavy atom. The van der Waals surface area contributed by atoms with Gasteiger partial charge in [0.2, 0.25) is 0 Å². The van der Waals surface area contributed by atoms with E-state index in [0.29, 0.717) is 0 Å². The molecule has 1 unspecified atom stereocenters. The zero-order valence-corrected chi connectivity index (χ0v) is 9.07. The van der Waals surface area contributed by atoms with Crippen LogP contribution in [0.4, 0.5) is 4.39 Å². The van der Waals surface area contributed by atoms with E-state index in [-0.39, 0.29) is 24.5 Å². The molecule has 0 aliphatic carbocycles. The van der Waals surface area contributed by atoms with Crippen molar-refractivity contribution in [3.8, 4) is 0 Å². The molecule has 3 nitrogen and oxygen atoms in total. The van der Waals surface area contributed by atoms with E-state index in [1.165, 1.54) is 12.3 Å². The van der Waals surface area contributed by atoms with Crippen LogP contribution in [0.3, 0.4) is 0 Å². The molecule has 0 spiro atoms. The van der Waals surface area contributed by atoms with Crippen molar-refractivity contribution < 1.29 is 9.50 Å². The summed E-state index contributed by atoms with van der Waals surface area (Å²) in [5.41, 5.74) is 0.805. The van der Waals surface area contributed by atoms with Crippen LogP contribution in [-0.4, -0.2) is 22.7 Å². The summed E-state index contributed by atoms with van der Waals surface area (Å²) in [6.45, 7) is 4.00. The van der Waals surface area contributed by atoms with Crippen LogP contribution in [0.1, 0.15) is 32.0 Å². The van der Waals surface area contributed by atoms with E-state index in [2.05, 4.69) is 10.3 Å². The lowest BCUT2D eigenvalue weighted by molar-refractivity contribution is 0.239. The topological polar surface area (TPSA) is 45.1 Å². The predicted octanol–water partition coefficient (Wildman–Crippen LogP) is 1.64. The molecule has 1 aromatic heterocycles. The molecule has 0 saturated heterocycles. The fourth-order valence-corrected chi connectivity index (χ4v) is 1.40. The SMILES string of the molecule is CCC(N[C@@H](C)CO)c1ccc(F)cn1. The quantitative estimate of drug-likeness (QED) is 0.780. The molecule has 0 bridgehead atoms. The first kappa shape index (κ1) is 12.1. The molecule has 84 valence electrons. The van der Waals surface area contributed by atoms with Crippen molar-refractivity contribution in [3.05, 3.63) is 29.8 Å². The molecular formula is C11H17FN2O. The van der Waals surface area contributed by atoms with Gasteiger partial charge in [-0.15, -0.1) is 0 Å². The van der Waals surface area contributed by atoms with E-state index in [0.717, 1.165) is 12.1 Å². The fraction of sp³-hybridized carbons (Fsp3) is 0.545. The lowest BCUT2D eigenvalue weighted by Crippen LogP contribution is -2.33. The van der Waals surface area contributed by atoms with Gasteiger partial charge in [-0.2, -0.15) is 0 Å². The van der Waals surface area contributed by atoms with Crippen LogP contribution in [0.2, 0.25) is 0 Å². The standard InChI is InChI=1S/C11H17FN2O/c1-3-10(14-8(2)7-15)11-5-4-9(12)6-13-11/h4-6,8,10,14-15H,3,7H2,1-2H3/t8-,10?/m0/s1. The Balaban J connectivity index is 2.69. The molecule has 1 aromatic rings. The molecule has 2 N–H and O–H groups in total. The highest BCUT2D eigenvalue weighted by molar-refractivity contribution is 5.09. The highest BCUT2D eigenvalue weighted by atomic mass is 19.1. The number of hydrogen-bond acceptors (Lipinski definition) is 3. The molecule has 15 heavy (non-hydrogen) atoms. The zero-order valence-electron chi connectivity index (χ0n) is 9.07. The lowest BCUT2D eigenvalue weighted by Gasteiger charge is -2.20. The molecule has 1 heterocycles. The first-order chi connectivity index (χ1) is 7.17. The van der Waals surface area contributed by atoms with Gasteiger partial charge in [-0.25, -0.2) is 4.39 Å². The minimum Gasteiger partial charge on any atom is -0.395 e. The van der Waals surface area contributed by atoms with Gasteiger partial charge in [0.1, 0.15) is 5.82 Å². The second kappa shape index (κ2) is 5.78. The second-order valence-corrected chi connectivity index (χ2v) is 3.61. The van der Waals surface area contributed by atoms with Crippen molar-refractivity contribution in [2.45, 2.75) is 32.4 Å². The van der Waals surface area contributed by atoms with E-state index >= 15 is 0 Å². The van der Waals surface area contributed by atoms with Gasteiger partial charge in [-0.3, -0.25) is 4.98 Å². The Labute approximate surface area is 89.4 Å². The van der Waals surface area contributed by atoms with Crippen LogP contribution >= 0.6 is 0 Å². The van der Waals surface area contributed by atoms with E-state index in [1.807, 2.05) is 13.8 Å². The van der Waals surface area contributed by atoms with Gasteiger partial charge in [-0.05, 0) is 25.5 Å². The first-order valence-electron chi connectivity index (χ1n) is 5.15. The van der Waals surface area contributed by atoms with E-state index < -0.39 is 0 Å². The molecule has 2 atom stereocenters. The Bertz CT molecular complexity index is 289. The van der Waals surface area contributed by atoms with Gasteiger partial charge in [0.15, 0.2) is 0 Å². The third kappa shape index (κ3) is 3.57. The smallest absolute Gasteiger partial charge is 0.141 e. The second-order valence-electron chi connectivity index (χ2n) is 3.61. The number of aliphatic hydroxyl groups excluding tert-OH is 1. The van der Waals surface area contributed by atoms with Gasteiger partial charge < -0.3 is 10.4 Å². The van der Waals surface area contributed by atoms with Crippen LogP contribution in [0.15, 0.2) is 18.3 Å². The number of hydrogen-bond donors (Lipinski definition) is 2. The van der Waals surface area contributed by atoms with Crippen molar-refractivity contribution in [2.75, 3.05) is 6.61 Å². The summed E-state index contributed by atoms with van der Waals surface area (Å²) in [6.07, 6.45) is 2.06. The summed E-state index contributed by atoms with van der Waals surface area (Å²) in [7, 11) is 0. The number of nitrogens with one attached hydrogen (secondary N) is 1. The zero-order chi connectivity index (χ0) is 11.3. The Morgan fingerprint density at radius 3 is 2.73 bits per heavy atom. The first-order valence-corrected chi connectivity index (χ1v) is 5.15. The third-order valence-corrected chi connectivity index (χ3v) is 2.28. The van der Waals surface area contributed by atoms with Crippen LogP contribution in [0, 0.1) is 5.82 Å². The maximum Gasteiger partial charge on any atom is 0.141 e. The van der Waals surface area contributed by atoms with Crippen LogP contribution in [0.25, 0.3) is 0 Å². The summed E-state index contributed by atoms with van der Waals surface area (Å²) in [5.74, 6) is -0.330. The molecule has 1 rings (SSSR count). The van der Waals surface area contributed by atoms with Gasteiger partial charge in [0.25, 0.3) is 0 Å². The van der Waals surface area contributed by atoms with Crippen molar-refractivity contribution in [3.63, 3.8) is 0 Å². The van der Waals surface area contributed by atoms with Crippen molar-refractivity contribution in [2.24, 2.45) is 0 Å². The normalized spacial score (nSPS) is 14.9. The molecule has 0 fully saturated rings. The van der Waals surface area contributed by atoms with Crippen molar-refractivity contribution >= 4 is 0 Å². The van der Waals surface area contributed by atoms with Gasteiger partial charge in [0.05, 0.1) is 18.5 Å². The molecule has 0 radical (unpaired) electrons. The number of halogens is 1. The monoisotopic (exact) mass is 212 g/mol. The van der Waals surface area contributed by atoms with Crippen LogP contribution in [0.5, 0.6) is 0 Å². The van der Waals surface area contributed by atoms with E-state index in [1.54, 1.807) is 6.07 Å². The summed E-state index contributed by atoms with van der Waals surface area (Å²) in [4.78, 5) is 4.02. The summed E-state index contributed by atoms with van der Waals surface area (Å²) >= 11 is 0. The molecule has 4 heteroatoms. The molecule has 0 amide bonds. The van der Waals surface area contributed by atoms with Gasteiger partial charge in [-0.1, -0.05) is 6.92 Å². The lowest BCUT2D eigenvalue weighted by atomic mass is 10.1. The molecule has 0 aliphatic rings. The minimum atomic E-state index is -0.330. The van der Waals surface area contributed by atoms with Gasteiger partial charge in [0, 0.05) is 12.1 Å². The number of aromatic nitrogens is 1. The number of aliphatic hydroxyl groups is 1. The predicted molar refractivity (Wildman–Crippen MR) is 56.9 cm³/mol. The number of nitrogens with zero attached hydrogens (tertiary/aromatic N) is 1. The summed E-state index contributed by atoms with van der Waals surface area (Å²) < 4.78 is 12.7. The Kier molecular flexibility index (Phi) is 4.65. The summed E-state index contributed by atoms with van der Waals surface area (Å²) in [6, 6.07) is 3.14. The largest absolute Gasteiger partial charge is 0.395 e. The number of rotatable bonds is 5. The molecular weight excluding hydrogens is 195 g/mol. The third-order valence-electron chi connectivity index (χ3n) is 2.28. The minimum absolute atomic E-state index is 0.0156. The average molecular weight is 212 g/mol. The van der Waals surface area contributed by atoms with Crippen molar-refractivity contribution in [1.82, 2.24) is 10.3 Å². The fourth-order valence-electron chi connectivity index (χ4n) is 1.40. The van der Waals surface area contributed by atoms with Crippen LogP contribution in [-0.2, 0) is 0 Å². The van der Waals surface area contributed by atoms with Crippen molar-refractivity contribution in [1.29, 1.82) is 0 Å². The maximum atomic E-state index is 12.7. The molecule has 0 aromatic carbocycles. The Morgan fingerprint density at radius 2 is 2.27 bits per heavy atom. The average Bonchev–Trinajstić information content (AvgIpc) is 2.27.